The normalized spacial score (nSPS) is 21.1. The van der Waals surface area contributed by atoms with E-state index in [1.807, 2.05) is 31.2 Å². The zero-order valence-corrected chi connectivity index (χ0v) is 14.1. The first-order chi connectivity index (χ1) is 11.8. The lowest BCUT2D eigenvalue weighted by Gasteiger charge is -2.17. The third kappa shape index (κ3) is 3.85. The molecule has 0 amide bonds. The molecule has 1 aromatic heterocycles. The molecule has 0 saturated carbocycles. The summed E-state index contributed by atoms with van der Waals surface area (Å²) < 4.78 is 17.1. The molecule has 1 aromatic carbocycles. The summed E-state index contributed by atoms with van der Waals surface area (Å²) in [6.07, 6.45) is 1.90. The average molecular weight is 332 g/mol. The van der Waals surface area contributed by atoms with E-state index in [9.17, 15) is 0 Å². The van der Waals surface area contributed by atoms with Crippen molar-refractivity contribution in [3.63, 3.8) is 0 Å². The van der Waals surface area contributed by atoms with Crippen molar-refractivity contribution < 1.29 is 14.2 Å². The number of hydrogen-bond donors (Lipinski definition) is 1. The van der Waals surface area contributed by atoms with E-state index in [0.29, 0.717) is 13.2 Å². The number of likely N-dealkylation sites (tertiary alicyclic amines) is 1. The molecule has 1 aliphatic rings. The van der Waals surface area contributed by atoms with E-state index in [1.165, 1.54) is 0 Å². The van der Waals surface area contributed by atoms with Gasteiger partial charge in [-0.15, -0.1) is 0 Å². The maximum absolute atomic E-state index is 5.90. The smallest absolute Gasteiger partial charge is 0.161 e. The monoisotopic (exact) mass is 332 g/mol. The van der Waals surface area contributed by atoms with Crippen LogP contribution in [0.3, 0.4) is 0 Å². The number of nitrogens with zero attached hydrogens (tertiary/aromatic N) is 3. The number of hydrogen-bond acceptors (Lipinski definition) is 6. The van der Waals surface area contributed by atoms with Crippen molar-refractivity contribution in [1.29, 1.82) is 0 Å². The highest BCUT2D eigenvalue weighted by Gasteiger charge is 2.35. The molecule has 1 aliphatic heterocycles. The maximum Gasteiger partial charge on any atom is 0.161 e. The molecule has 7 heteroatoms. The van der Waals surface area contributed by atoms with Gasteiger partial charge in [0.15, 0.2) is 11.5 Å². The fourth-order valence-electron chi connectivity index (χ4n) is 3.08. The molecule has 0 unspecified atom stereocenters. The molecule has 0 bridgehead atoms. The first-order valence-electron chi connectivity index (χ1n) is 8.27. The van der Waals surface area contributed by atoms with Crippen LogP contribution in [0.2, 0.25) is 0 Å². The number of aromatic nitrogens is 3. The number of ether oxygens (including phenoxy) is 3. The fraction of sp³-hybridized carbons (Fsp3) is 0.529. The lowest BCUT2D eigenvalue weighted by molar-refractivity contribution is 0.0947. The molecule has 2 heterocycles. The quantitative estimate of drug-likeness (QED) is 0.793. The summed E-state index contributed by atoms with van der Waals surface area (Å²) in [4.78, 5) is 2.33. The Hall–Kier alpha value is -2.12. The minimum Gasteiger partial charge on any atom is -0.490 e. The number of para-hydroxylation sites is 2. The molecule has 7 nitrogen and oxygen atoms in total. The van der Waals surface area contributed by atoms with Gasteiger partial charge in [-0.1, -0.05) is 12.1 Å². The minimum atomic E-state index is 0.130. The van der Waals surface area contributed by atoms with Crippen molar-refractivity contribution in [3.8, 4) is 11.5 Å². The molecular formula is C17H24N4O3. The van der Waals surface area contributed by atoms with Crippen molar-refractivity contribution in [3.05, 3.63) is 36.2 Å². The molecule has 24 heavy (non-hydrogen) atoms. The van der Waals surface area contributed by atoms with E-state index in [2.05, 4.69) is 20.3 Å². The second-order valence-corrected chi connectivity index (χ2v) is 5.76. The van der Waals surface area contributed by atoms with Crippen molar-refractivity contribution in [2.24, 2.45) is 0 Å². The highest BCUT2D eigenvalue weighted by Crippen LogP contribution is 2.28. The Morgan fingerprint density at radius 2 is 2.00 bits per heavy atom. The Morgan fingerprint density at radius 3 is 2.67 bits per heavy atom. The van der Waals surface area contributed by atoms with Gasteiger partial charge in [-0.05, 0) is 19.1 Å². The van der Waals surface area contributed by atoms with Gasteiger partial charge in [0, 0.05) is 32.7 Å². The first-order valence-corrected chi connectivity index (χ1v) is 8.27. The fourth-order valence-corrected chi connectivity index (χ4v) is 3.08. The zero-order valence-electron chi connectivity index (χ0n) is 14.1. The third-order valence-electron chi connectivity index (χ3n) is 4.27. The molecule has 2 atom stereocenters. The Kier molecular flexibility index (Phi) is 5.66. The summed E-state index contributed by atoms with van der Waals surface area (Å²) in [5, 5.41) is 10.8. The van der Waals surface area contributed by atoms with Gasteiger partial charge in [-0.3, -0.25) is 4.90 Å². The predicted molar refractivity (Wildman–Crippen MR) is 89.5 cm³/mol. The first kappa shape index (κ1) is 16.7. The van der Waals surface area contributed by atoms with Crippen molar-refractivity contribution in [2.45, 2.75) is 18.9 Å². The van der Waals surface area contributed by atoms with E-state index in [-0.39, 0.29) is 12.0 Å². The summed E-state index contributed by atoms with van der Waals surface area (Å²) in [6.45, 7) is 5.78. The number of methoxy groups -OCH3 is 1. The van der Waals surface area contributed by atoms with Crippen LogP contribution in [0.1, 0.15) is 18.5 Å². The Bertz CT molecular complexity index is 620. The highest BCUT2D eigenvalue weighted by molar-refractivity contribution is 5.39. The lowest BCUT2D eigenvalue weighted by Crippen LogP contribution is -2.27. The van der Waals surface area contributed by atoms with Crippen molar-refractivity contribution in [1.82, 2.24) is 20.3 Å². The van der Waals surface area contributed by atoms with Crippen LogP contribution in [0.5, 0.6) is 11.5 Å². The third-order valence-corrected chi connectivity index (χ3v) is 4.27. The number of benzene rings is 1. The summed E-state index contributed by atoms with van der Waals surface area (Å²) in [7, 11) is 1.75. The number of aromatic amines is 1. The van der Waals surface area contributed by atoms with Gasteiger partial charge in [0.25, 0.3) is 0 Å². The minimum absolute atomic E-state index is 0.130. The van der Waals surface area contributed by atoms with E-state index in [0.717, 1.165) is 36.8 Å². The standard InChI is InChI=1S/C17H24N4O3/c1-3-23-15-6-4-5-7-16(15)24-9-8-21-11-13(17(12-21)22-2)14-10-18-20-19-14/h4-7,10,13,17H,3,8-9,11-12H2,1-2H3,(H,18,19,20)/t13-,17+/m0/s1. The topological polar surface area (TPSA) is 72.5 Å². The Labute approximate surface area is 141 Å². The number of H-pyrrole nitrogens is 1. The van der Waals surface area contributed by atoms with Gasteiger partial charge in [0.1, 0.15) is 6.61 Å². The predicted octanol–water partition coefficient (Wildman–Crippen LogP) is 1.70. The van der Waals surface area contributed by atoms with Crippen LogP contribution in [0.4, 0.5) is 0 Å². The van der Waals surface area contributed by atoms with E-state index >= 15 is 0 Å². The number of nitrogens with one attached hydrogen (secondary N) is 1. The molecular weight excluding hydrogens is 308 g/mol. The van der Waals surface area contributed by atoms with Crippen LogP contribution in [0, 0.1) is 0 Å². The molecule has 0 radical (unpaired) electrons. The van der Waals surface area contributed by atoms with Gasteiger partial charge >= 0.3 is 0 Å². The zero-order chi connectivity index (χ0) is 16.8. The van der Waals surface area contributed by atoms with E-state index in [1.54, 1.807) is 13.3 Å². The van der Waals surface area contributed by atoms with Gasteiger partial charge in [-0.2, -0.15) is 15.4 Å². The van der Waals surface area contributed by atoms with Crippen LogP contribution in [-0.2, 0) is 4.74 Å². The van der Waals surface area contributed by atoms with Crippen molar-refractivity contribution in [2.75, 3.05) is 40.0 Å². The molecule has 1 fully saturated rings. The van der Waals surface area contributed by atoms with E-state index < -0.39 is 0 Å². The van der Waals surface area contributed by atoms with Gasteiger partial charge < -0.3 is 14.2 Å². The highest BCUT2D eigenvalue weighted by atomic mass is 16.5. The summed E-state index contributed by atoms with van der Waals surface area (Å²) in [5.74, 6) is 1.82. The van der Waals surface area contributed by atoms with Crippen LogP contribution in [-0.4, -0.2) is 66.4 Å². The second-order valence-electron chi connectivity index (χ2n) is 5.76. The average Bonchev–Trinajstić information content (AvgIpc) is 3.25. The molecule has 0 aliphatic carbocycles. The van der Waals surface area contributed by atoms with Crippen molar-refractivity contribution >= 4 is 0 Å². The van der Waals surface area contributed by atoms with Crippen LogP contribution < -0.4 is 9.47 Å². The summed E-state index contributed by atoms with van der Waals surface area (Å²) in [6, 6.07) is 7.76. The lowest BCUT2D eigenvalue weighted by atomic mass is 10.0. The largest absolute Gasteiger partial charge is 0.490 e. The van der Waals surface area contributed by atoms with Crippen LogP contribution in [0.25, 0.3) is 0 Å². The van der Waals surface area contributed by atoms with Crippen LogP contribution in [0.15, 0.2) is 30.5 Å². The molecule has 1 saturated heterocycles. The SMILES string of the molecule is CCOc1ccccc1OCCN1C[C@@H](OC)[C@H](c2cn[nH]n2)C1. The van der Waals surface area contributed by atoms with E-state index in [4.69, 9.17) is 14.2 Å². The summed E-state index contributed by atoms with van der Waals surface area (Å²) >= 11 is 0. The Morgan fingerprint density at radius 1 is 1.21 bits per heavy atom. The maximum atomic E-state index is 5.90. The van der Waals surface area contributed by atoms with Crippen LogP contribution >= 0.6 is 0 Å². The van der Waals surface area contributed by atoms with Gasteiger partial charge in [-0.25, -0.2) is 0 Å². The van der Waals surface area contributed by atoms with Gasteiger partial charge in [0.2, 0.25) is 0 Å². The van der Waals surface area contributed by atoms with Gasteiger partial charge in [0.05, 0.1) is 24.6 Å². The molecule has 3 rings (SSSR count). The Balaban J connectivity index is 1.52. The molecule has 130 valence electrons. The molecule has 1 N–H and O–H groups in total. The summed E-state index contributed by atoms with van der Waals surface area (Å²) in [5.41, 5.74) is 0.951. The second kappa shape index (κ2) is 8.12. The molecule has 0 spiro atoms. The molecule has 2 aromatic rings. The number of rotatable bonds is 8.